The van der Waals surface area contributed by atoms with Crippen molar-refractivity contribution in [3.8, 4) is 11.5 Å². The van der Waals surface area contributed by atoms with Crippen LogP contribution in [0.3, 0.4) is 0 Å². The highest BCUT2D eigenvalue weighted by Crippen LogP contribution is 2.36. The lowest BCUT2D eigenvalue weighted by atomic mass is 9.79. The molecule has 5 rings (SSSR count). The Morgan fingerprint density at radius 2 is 1.09 bits per heavy atom. The molecule has 1 fully saturated rings. The minimum absolute atomic E-state index is 0.378. The van der Waals surface area contributed by atoms with Gasteiger partial charge < -0.3 is 18.8 Å². The van der Waals surface area contributed by atoms with Crippen LogP contribution in [-0.2, 0) is 35.0 Å². The van der Waals surface area contributed by atoms with Gasteiger partial charge in [0, 0.05) is 15.0 Å². The van der Waals surface area contributed by atoms with Gasteiger partial charge in [-0.3, -0.25) is 0 Å². The number of hydrogen-bond donors (Lipinski definition) is 0. The van der Waals surface area contributed by atoms with Gasteiger partial charge >= 0.3 is 7.12 Å². The van der Waals surface area contributed by atoms with Gasteiger partial charge in [-0.1, -0.05) is 47.5 Å². The molecule has 0 aliphatic carbocycles. The van der Waals surface area contributed by atoms with Gasteiger partial charge in [-0.2, -0.15) is 0 Å². The maximum absolute atomic E-state index is 6.25. The van der Waals surface area contributed by atoms with Crippen LogP contribution in [-0.4, -0.2) is 42.5 Å². The van der Waals surface area contributed by atoms with E-state index in [2.05, 4.69) is 62.9 Å². The molecule has 0 spiro atoms. The molecule has 1 aliphatic rings. The van der Waals surface area contributed by atoms with Crippen molar-refractivity contribution >= 4 is 58.4 Å². The van der Waals surface area contributed by atoms with E-state index in [9.17, 15) is 0 Å². The average Bonchev–Trinajstić information content (AvgIpc) is 3.21. The van der Waals surface area contributed by atoms with E-state index in [0.717, 1.165) is 57.6 Å². The lowest BCUT2D eigenvalue weighted by molar-refractivity contribution is 0.00578. The molecular weight excluding hydrogens is 709 g/mol. The summed E-state index contributed by atoms with van der Waals surface area (Å²) in [5.41, 5.74) is 4.61. The molecule has 1 aliphatic heterocycles. The summed E-state index contributed by atoms with van der Waals surface area (Å²) in [6.45, 7) is 8.17. The lowest BCUT2D eigenvalue weighted by Crippen LogP contribution is -2.41. The highest BCUT2D eigenvalue weighted by molar-refractivity contribution is 14.1. The number of benzene rings is 2. The first-order valence-corrected chi connectivity index (χ1v) is 16.3. The van der Waals surface area contributed by atoms with Crippen molar-refractivity contribution in [1.82, 2.24) is 9.97 Å². The second-order valence-electron chi connectivity index (χ2n) is 11.6. The molecule has 6 nitrogen and oxygen atoms in total. The third-order valence-corrected chi connectivity index (χ3v) is 8.87. The first kappa shape index (κ1) is 34.5. The number of pyridine rings is 2. The second kappa shape index (κ2) is 15.3. The van der Waals surface area contributed by atoms with Crippen LogP contribution in [0.15, 0.2) is 72.8 Å². The Kier molecular flexibility index (Phi) is 12.0. The van der Waals surface area contributed by atoms with Crippen molar-refractivity contribution in [2.24, 2.45) is 0 Å². The smallest absolute Gasteiger partial charge is 0.495 e. The average molecular weight is 747 g/mol. The molecule has 0 saturated carbocycles. The van der Waals surface area contributed by atoms with Gasteiger partial charge in [0.25, 0.3) is 0 Å². The van der Waals surface area contributed by atoms with Crippen LogP contribution in [0, 0.1) is 3.57 Å². The first-order valence-electron chi connectivity index (χ1n) is 14.5. The van der Waals surface area contributed by atoms with Crippen molar-refractivity contribution in [2.75, 3.05) is 14.2 Å². The monoisotopic (exact) mass is 746 g/mol. The van der Waals surface area contributed by atoms with E-state index in [0.29, 0.717) is 10.3 Å². The van der Waals surface area contributed by atoms with Crippen molar-refractivity contribution in [3.63, 3.8) is 0 Å². The Morgan fingerprint density at radius 1 is 0.659 bits per heavy atom. The Hall–Kier alpha value is -2.37. The molecule has 2 aromatic heterocycles. The van der Waals surface area contributed by atoms with E-state index in [1.54, 1.807) is 14.2 Å². The molecule has 0 radical (unpaired) electrons. The minimum atomic E-state index is -0.430. The van der Waals surface area contributed by atoms with Crippen LogP contribution >= 0.6 is 45.8 Å². The van der Waals surface area contributed by atoms with Gasteiger partial charge in [-0.05, 0) is 141 Å². The zero-order valence-corrected chi connectivity index (χ0v) is 29.7. The van der Waals surface area contributed by atoms with Crippen LogP contribution in [0.2, 0.25) is 10.3 Å². The summed E-state index contributed by atoms with van der Waals surface area (Å²) in [7, 11) is 2.91. The number of rotatable bonds is 9. The predicted molar refractivity (Wildman–Crippen MR) is 188 cm³/mol. The third kappa shape index (κ3) is 9.57. The zero-order valence-electron chi connectivity index (χ0n) is 26.0. The fraction of sp³-hybridized carbons (Fsp3) is 0.353. The SMILES string of the molecule is COc1ccc(CCc2cc(B3OC(C)(C)C(C)(C)O3)cc(Cl)n2)cc1.COc1ccc(CCc2cc(I)cc(Cl)n2)cc1. The fourth-order valence-electron chi connectivity index (χ4n) is 4.59. The van der Waals surface area contributed by atoms with E-state index in [-0.39, 0.29) is 11.2 Å². The van der Waals surface area contributed by atoms with Gasteiger partial charge in [-0.15, -0.1) is 0 Å². The number of hydrogen-bond acceptors (Lipinski definition) is 6. The standard InChI is InChI=1S/C20H25BClNO3.C14H13ClINO/c1-19(2)20(3,4)26-21(25-19)15-12-16(23-18(22)13-15)9-6-14-7-10-17(24-5)11-8-14;1-18-13-6-3-10(4-7-13)2-5-12-8-11(16)9-14(15)17-12/h7-8,10-13H,6,9H2,1-5H3;3-4,6-9H,2,5H2,1H3. The number of ether oxygens (including phenoxy) is 2. The summed E-state index contributed by atoms with van der Waals surface area (Å²) in [6, 6.07) is 24.0. The van der Waals surface area contributed by atoms with Crippen molar-refractivity contribution < 1.29 is 18.8 Å². The highest BCUT2D eigenvalue weighted by Gasteiger charge is 2.51. The van der Waals surface area contributed by atoms with Crippen LogP contribution in [0.25, 0.3) is 0 Å². The second-order valence-corrected chi connectivity index (χ2v) is 13.6. The van der Waals surface area contributed by atoms with Gasteiger partial charge in [0.15, 0.2) is 0 Å². The quantitative estimate of drug-likeness (QED) is 0.0985. The summed E-state index contributed by atoms with van der Waals surface area (Å²) in [5, 5.41) is 1.02. The van der Waals surface area contributed by atoms with Crippen molar-refractivity contribution in [2.45, 2.75) is 64.6 Å². The molecule has 0 unspecified atom stereocenters. The number of nitrogens with zero attached hydrogens (tertiary/aromatic N) is 2. The van der Waals surface area contributed by atoms with E-state index in [4.69, 9.17) is 42.0 Å². The molecule has 232 valence electrons. The maximum Gasteiger partial charge on any atom is 0.495 e. The predicted octanol–water partition coefficient (Wildman–Crippen LogP) is 7.96. The van der Waals surface area contributed by atoms with Crippen molar-refractivity contribution in [1.29, 1.82) is 0 Å². The molecule has 0 amide bonds. The molecule has 0 bridgehead atoms. The van der Waals surface area contributed by atoms with Gasteiger partial charge in [0.2, 0.25) is 0 Å². The summed E-state index contributed by atoms with van der Waals surface area (Å²) in [5.74, 6) is 1.74. The van der Waals surface area contributed by atoms with Gasteiger partial charge in [0.05, 0.1) is 25.4 Å². The highest BCUT2D eigenvalue weighted by atomic mass is 127. The number of halogens is 3. The Balaban J connectivity index is 0.000000215. The van der Waals surface area contributed by atoms with E-state index in [1.807, 2.05) is 70.2 Å². The molecule has 2 aromatic carbocycles. The molecule has 1 saturated heterocycles. The van der Waals surface area contributed by atoms with Gasteiger partial charge in [-0.25, -0.2) is 9.97 Å². The van der Waals surface area contributed by atoms with E-state index < -0.39 is 7.12 Å². The van der Waals surface area contributed by atoms with E-state index >= 15 is 0 Å². The van der Waals surface area contributed by atoms with Crippen LogP contribution in [0.5, 0.6) is 11.5 Å². The van der Waals surface area contributed by atoms with E-state index in [1.165, 1.54) is 11.1 Å². The Morgan fingerprint density at radius 3 is 1.52 bits per heavy atom. The largest absolute Gasteiger partial charge is 0.497 e. The molecule has 0 atom stereocenters. The molecule has 3 heterocycles. The normalized spacial score (nSPS) is 15.0. The summed E-state index contributed by atoms with van der Waals surface area (Å²) >= 11 is 14.4. The zero-order chi connectivity index (χ0) is 31.9. The molecule has 44 heavy (non-hydrogen) atoms. The number of aryl methyl sites for hydroxylation is 4. The topological polar surface area (TPSA) is 62.7 Å². The third-order valence-electron chi connectivity index (χ3n) is 7.86. The number of methoxy groups -OCH3 is 2. The number of aromatic nitrogens is 2. The van der Waals surface area contributed by atoms with Crippen LogP contribution in [0.4, 0.5) is 0 Å². The lowest BCUT2D eigenvalue weighted by Gasteiger charge is -2.32. The Labute approximate surface area is 285 Å². The Bertz CT molecular complexity index is 1500. The fourth-order valence-corrected chi connectivity index (χ4v) is 5.89. The summed E-state index contributed by atoms with van der Waals surface area (Å²) in [6.07, 6.45) is 3.51. The van der Waals surface area contributed by atoms with Gasteiger partial charge in [0.1, 0.15) is 21.8 Å². The molecule has 10 heteroatoms. The minimum Gasteiger partial charge on any atom is -0.497 e. The molecule has 4 aromatic rings. The molecular formula is C34H38BCl2IN2O4. The molecule has 0 N–H and O–H groups in total. The van der Waals surface area contributed by atoms with Crippen LogP contribution < -0.4 is 14.9 Å². The first-order chi connectivity index (χ1) is 20.9. The van der Waals surface area contributed by atoms with Crippen LogP contribution in [0.1, 0.15) is 50.2 Å². The summed E-state index contributed by atoms with van der Waals surface area (Å²) in [4.78, 5) is 8.78. The van der Waals surface area contributed by atoms with Crippen molar-refractivity contribution in [3.05, 3.63) is 109 Å². The summed E-state index contributed by atoms with van der Waals surface area (Å²) < 4.78 is 23.7. The maximum atomic E-state index is 6.25.